The monoisotopic (exact) mass is 272 g/mol. The van der Waals surface area contributed by atoms with Gasteiger partial charge in [0.2, 0.25) is 5.91 Å². The molecule has 1 aliphatic heterocycles. The number of carbonyl (C=O) groups excluding carboxylic acids is 1. The molecule has 90 valence electrons. The molecule has 2 rings (SSSR count). The predicted molar refractivity (Wildman–Crippen MR) is 67.9 cm³/mol. The van der Waals surface area contributed by atoms with Gasteiger partial charge in [-0.25, -0.2) is 0 Å². The summed E-state index contributed by atoms with van der Waals surface area (Å²) in [6, 6.07) is 4.35. The largest absolute Gasteiger partial charge is 0.304 e. The number of nitro benzene ring substituents is 1. The van der Waals surface area contributed by atoms with Gasteiger partial charge < -0.3 is 4.90 Å². The van der Waals surface area contributed by atoms with Crippen molar-refractivity contribution >= 4 is 41.5 Å². The Balaban J connectivity index is 2.51. The smallest absolute Gasteiger partial charge is 0.294 e. The average molecular weight is 273 g/mol. The number of benzene rings is 1. The molecule has 0 bridgehead atoms. The SMILES string of the molecule is O=C1CC(S)CN1c1c(Cl)cccc1[N+](=O)[O-]. The highest BCUT2D eigenvalue weighted by Crippen LogP contribution is 2.38. The van der Waals surface area contributed by atoms with Crippen LogP contribution in [0, 0.1) is 10.1 Å². The third-order valence-electron chi connectivity index (χ3n) is 2.54. The van der Waals surface area contributed by atoms with Crippen molar-refractivity contribution in [1.82, 2.24) is 0 Å². The third-order valence-corrected chi connectivity index (χ3v) is 3.19. The fraction of sp³-hybridized carbons (Fsp3) is 0.300. The van der Waals surface area contributed by atoms with Crippen LogP contribution in [0.1, 0.15) is 6.42 Å². The molecule has 0 radical (unpaired) electrons. The van der Waals surface area contributed by atoms with Gasteiger partial charge in [0.05, 0.1) is 9.95 Å². The van der Waals surface area contributed by atoms with E-state index in [1.165, 1.54) is 23.1 Å². The van der Waals surface area contributed by atoms with Gasteiger partial charge in [-0.15, -0.1) is 0 Å². The number of amides is 1. The first-order chi connectivity index (χ1) is 8.00. The minimum atomic E-state index is -0.541. The second kappa shape index (κ2) is 4.54. The first-order valence-corrected chi connectivity index (χ1v) is 5.81. The summed E-state index contributed by atoms with van der Waals surface area (Å²) >= 11 is 10.1. The number of thiol groups is 1. The lowest BCUT2D eigenvalue weighted by molar-refractivity contribution is -0.384. The van der Waals surface area contributed by atoms with Gasteiger partial charge >= 0.3 is 0 Å². The maximum absolute atomic E-state index is 11.7. The molecule has 1 amide bonds. The minimum absolute atomic E-state index is 0.113. The first-order valence-electron chi connectivity index (χ1n) is 4.92. The van der Waals surface area contributed by atoms with Crippen LogP contribution in [-0.4, -0.2) is 22.6 Å². The molecule has 1 unspecified atom stereocenters. The van der Waals surface area contributed by atoms with Crippen molar-refractivity contribution in [2.75, 3.05) is 11.4 Å². The topological polar surface area (TPSA) is 63.5 Å². The Morgan fingerprint density at radius 2 is 2.24 bits per heavy atom. The van der Waals surface area contributed by atoms with Crippen LogP contribution in [0.4, 0.5) is 11.4 Å². The second-order valence-corrected chi connectivity index (χ2v) is 4.86. The zero-order valence-corrected chi connectivity index (χ0v) is 10.3. The van der Waals surface area contributed by atoms with Gasteiger partial charge in [-0.1, -0.05) is 17.7 Å². The molecule has 0 spiro atoms. The fourth-order valence-corrected chi connectivity index (χ4v) is 2.41. The van der Waals surface area contributed by atoms with E-state index in [-0.39, 0.29) is 34.0 Å². The summed E-state index contributed by atoms with van der Waals surface area (Å²) in [6.07, 6.45) is 0.269. The molecule has 0 aromatic heterocycles. The molecule has 1 aromatic carbocycles. The van der Waals surface area contributed by atoms with Crippen LogP contribution in [0.2, 0.25) is 5.02 Å². The minimum Gasteiger partial charge on any atom is -0.304 e. The standard InChI is InChI=1S/C10H9ClN2O3S/c11-7-2-1-3-8(13(15)16)10(7)12-5-6(17)4-9(12)14/h1-3,6,17H,4-5H2. The van der Waals surface area contributed by atoms with E-state index in [2.05, 4.69) is 12.6 Å². The summed E-state index contributed by atoms with van der Waals surface area (Å²) < 4.78 is 0. The average Bonchev–Trinajstić information content (AvgIpc) is 2.57. The van der Waals surface area contributed by atoms with Gasteiger partial charge in [-0.3, -0.25) is 14.9 Å². The molecule has 1 aromatic rings. The van der Waals surface area contributed by atoms with E-state index in [9.17, 15) is 14.9 Å². The molecule has 1 fully saturated rings. The van der Waals surface area contributed by atoms with Gasteiger partial charge in [0.1, 0.15) is 5.69 Å². The lowest BCUT2D eigenvalue weighted by Gasteiger charge is -2.17. The normalized spacial score (nSPS) is 19.8. The van der Waals surface area contributed by atoms with E-state index < -0.39 is 4.92 Å². The summed E-state index contributed by atoms with van der Waals surface area (Å²) in [5.41, 5.74) is 0.00833. The zero-order valence-electron chi connectivity index (χ0n) is 8.67. The Bertz CT molecular complexity index is 494. The van der Waals surface area contributed by atoms with Crippen molar-refractivity contribution < 1.29 is 9.72 Å². The van der Waals surface area contributed by atoms with Gasteiger partial charge in [0.25, 0.3) is 5.69 Å². The molecule has 0 aliphatic carbocycles. The molecule has 0 saturated carbocycles. The fourth-order valence-electron chi connectivity index (χ4n) is 1.82. The quantitative estimate of drug-likeness (QED) is 0.510. The van der Waals surface area contributed by atoms with Crippen molar-refractivity contribution in [3.63, 3.8) is 0 Å². The van der Waals surface area contributed by atoms with Gasteiger partial charge in [-0.2, -0.15) is 12.6 Å². The summed E-state index contributed by atoms with van der Waals surface area (Å²) in [6.45, 7) is 0.340. The van der Waals surface area contributed by atoms with Crippen molar-refractivity contribution in [1.29, 1.82) is 0 Å². The van der Waals surface area contributed by atoms with E-state index >= 15 is 0 Å². The van der Waals surface area contributed by atoms with E-state index in [4.69, 9.17) is 11.6 Å². The molecular weight excluding hydrogens is 264 g/mol. The van der Waals surface area contributed by atoms with Crippen molar-refractivity contribution in [3.8, 4) is 0 Å². The van der Waals surface area contributed by atoms with Gasteiger partial charge in [0.15, 0.2) is 0 Å². The Morgan fingerprint density at radius 1 is 1.53 bits per heavy atom. The first kappa shape index (κ1) is 12.2. The summed E-state index contributed by atoms with van der Waals surface area (Å²) in [4.78, 5) is 23.4. The highest BCUT2D eigenvalue weighted by Gasteiger charge is 2.34. The van der Waals surface area contributed by atoms with Crippen molar-refractivity contribution in [3.05, 3.63) is 33.3 Å². The maximum Gasteiger partial charge on any atom is 0.294 e. The number of hydrogen-bond donors (Lipinski definition) is 1. The number of halogens is 1. The lowest BCUT2D eigenvalue weighted by Crippen LogP contribution is -2.25. The van der Waals surface area contributed by atoms with Gasteiger partial charge in [-0.05, 0) is 6.07 Å². The van der Waals surface area contributed by atoms with E-state index in [0.29, 0.717) is 6.54 Å². The Kier molecular flexibility index (Phi) is 3.26. The molecule has 0 N–H and O–H groups in total. The van der Waals surface area contributed by atoms with Gasteiger partial charge in [0, 0.05) is 24.3 Å². The lowest BCUT2D eigenvalue weighted by atomic mass is 10.2. The number of hydrogen-bond acceptors (Lipinski definition) is 4. The van der Waals surface area contributed by atoms with Crippen LogP contribution in [-0.2, 0) is 4.79 Å². The van der Waals surface area contributed by atoms with Crippen LogP contribution in [0.25, 0.3) is 0 Å². The van der Waals surface area contributed by atoms with E-state index in [1.807, 2.05) is 0 Å². The van der Waals surface area contributed by atoms with E-state index in [0.717, 1.165) is 0 Å². The van der Waals surface area contributed by atoms with Crippen LogP contribution in [0.5, 0.6) is 0 Å². The third kappa shape index (κ3) is 2.23. The number of anilines is 1. The Morgan fingerprint density at radius 3 is 2.76 bits per heavy atom. The van der Waals surface area contributed by atoms with Crippen LogP contribution in [0.3, 0.4) is 0 Å². The molecule has 1 heterocycles. The molecular formula is C10H9ClN2O3S. The molecule has 1 saturated heterocycles. The predicted octanol–water partition coefficient (Wildman–Crippen LogP) is 2.28. The van der Waals surface area contributed by atoms with E-state index in [1.54, 1.807) is 0 Å². The summed E-state index contributed by atoms with van der Waals surface area (Å²) in [5.74, 6) is -0.193. The number of nitro groups is 1. The molecule has 1 atom stereocenters. The summed E-state index contributed by atoms with van der Waals surface area (Å²) in [7, 11) is 0. The zero-order chi connectivity index (χ0) is 12.6. The van der Waals surface area contributed by atoms with Crippen LogP contribution in [0.15, 0.2) is 18.2 Å². The van der Waals surface area contributed by atoms with Crippen LogP contribution < -0.4 is 4.90 Å². The Labute approximate surface area is 108 Å². The number of rotatable bonds is 2. The number of nitrogens with zero attached hydrogens (tertiary/aromatic N) is 2. The highest BCUT2D eigenvalue weighted by molar-refractivity contribution is 7.81. The molecule has 5 nitrogen and oxygen atoms in total. The molecule has 1 aliphatic rings. The van der Waals surface area contributed by atoms with Crippen LogP contribution >= 0.6 is 24.2 Å². The maximum atomic E-state index is 11.7. The molecule has 17 heavy (non-hydrogen) atoms. The Hall–Kier alpha value is -1.27. The number of carbonyl (C=O) groups is 1. The highest BCUT2D eigenvalue weighted by atomic mass is 35.5. The second-order valence-electron chi connectivity index (χ2n) is 3.73. The molecule has 7 heteroatoms. The summed E-state index contributed by atoms with van der Waals surface area (Å²) in [5, 5.41) is 11.0. The van der Waals surface area contributed by atoms with Crippen molar-refractivity contribution in [2.45, 2.75) is 11.7 Å². The van der Waals surface area contributed by atoms with Crippen molar-refractivity contribution in [2.24, 2.45) is 0 Å². The number of para-hydroxylation sites is 1.